The van der Waals surface area contributed by atoms with Gasteiger partial charge in [0.1, 0.15) is 17.4 Å². The first kappa shape index (κ1) is 18.9. The number of nitrogens with zero attached hydrogens (tertiary/aromatic N) is 4. The van der Waals surface area contributed by atoms with Gasteiger partial charge in [0.05, 0.1) is 12.2 Å². The first-order chi connectivity index (χ1) is 14.6. The van der Waals surface area contributed by atoms with Crippen LogP contribution in [0.3, 0.4) is 0 Å². The molecule has 2 aromatic heterocycles. The summed E-state index contributed by atoms with van der Waals surface area (Å²) in [5, 5.41) is 0. The highest BCUT2D eigenvalue weighted by molar-refractivity contribution is 5.65. The molecule has 7 heteroatoms. The first-order valence-corrected chi connectivity index (χ1v) is 10.2. The lowest BCUT2D eigenvalue weighted by atomic mass is 10.1. The van der Waals surface area contributed by atoms with Crippen molar-refractivity contribution in [1.82, 2.24) is 15.0 Å². The molecule has 1 aliphatic carbocycles. The van der Waals surface area contributed by atoms with Crippen LogP contribution in [0.4, 0.5) is 14.7 Å². The zero-order valence-corrected chi connectivity index (χ0v) is 16.6. The molecule has 30 heavy (non-hydrogen) atoms. The second-order valence-electron chi connectivity index (χ2n) is 7.95. The number of ether oxygens (including phenoxy) is 1. The molecule has 0 amide bonds. The van der Waals surface area contributed by atoms with E-state index in [9.17, 15) is 8.78 Å². The number of aryl methyl sites for hydroxylation is 1. The lowest BCUT2D eigenvalue weighted by molar-refractivity contribution is 0.280. The molecule has 1 unspecified atom stereocenters. The molecule has 0 bridgehead atoms. The predicted octanol–water partition coefficient (Wildman–Crippen LogP) is 4.14. The lowest BCUT2D eigenvalue weighted by Crippen LogP contribution is -2.27. The second-order valence-corrected chi connectivity index (χ2v) is 7.95. The Hall–Kier alpha value is -3.09. The summed E-state index contributed by atoms with van der Waals surface area (Å²) in [6.45, 7) is 4.34. The van der Waals surface area contributed by atoms with E-state index in [1.54, 1.807) is 12.1 Å². The highest BCUT2D eigenvalue weighted by Gasteiger charge is 2.56. The highest BCUT2D eigenvalue weighted by Crippen LogP contribution is 2.52. The Labute approximate surface area is 173 Å². The fraction of sp³-hybridized carbons (Fsp3) is 0.348. The molecule has 154 valence electrons. The van der Waals surface area contributed by atoms with Crippen LogP contribution in [0.25, 0.3) is 11.1 Å². The average Bonchev–Trinajstić information content (AvgIpc) is 3.21. The molecule has 1 aliphatic heterocycles. The molecular weight excluding hydrogens is 386 g/mol. The maximum absolute atomic E-state index is 14.5. The van der Waals surface area contributed by atoms with E-state index in [1.165, 1.54) is 24.5 Å². The number of hydrogen-bond acceptors (Lipinski definition) is 5. The summed E-state index contributed by atoms with van der Waals surface area (Å²) in [6.07, 6.45) is 7.71. The monoisotopic (exact) mass is 408 g/mol. The third kappa shape index (κ3) is 3.49. The minimum absolute atomic E-state index is 0.0576. The van der Waals surface area contributed by atoms with Gasteiger partial charge >= 0.3 is 0 Å². The number of rotatable bonds is 6. The molecule has 2 aliphatic rings. The maximum Gasteiger partial charge on any atom is 0.225 e. The summed E-state index contributed by atoms with van der Waals surface area (Å²) in [7, 11) is 0. The lowest BCUT2D eigenvalue weighted by Gasteiger charge is -2.20. The van der Waals surface area contributed by atoms with Gasteiger partial charge in [0.2, 0.25) is 5.95 Å². The normalized spacial score (nSPS) is 22.1. The fourth-order valence-electron chi connectivity index (χ4n) is 4.37. The number of aromatic nitrogens is 3. The van der Waals surface area contributed by atoms with Crippen molar-refractivity contribution in [2.45, 2.75) is 13.3 Å². The van der Waals surface area contributed by atoms with Crippen molar-refractivity contribution in [2.24, 2.45) is 17.8 Å². The number of piperidine rings is 1. The van der Waals surface area contributed by atoms with E-state index in [-0.39, 0.29) is 11.3 Å². The standard InChI is InChI=1S/C23H22F2N4O/c1-2-14-9-27-23(28-10-14)29-11-17-18(12-29)19(17)13-30-16-7-20(24)22(21(25)8-16)15-3-5-26-6-4-15/h3-10,17-19H,2,11-13H2,1H3/t17-,18?,19+/m1/s1. The second kappa shape index (κ2) is 7.63. The molecule has 1 aromatic carbocycles. The van der Waals surface area contributed by atoms with Crippen LogP contribution in [0.1, 0.15) is 12.5 Å². The Morgan fingerprint density at radius 1 is 1.03 bits per heavy atom. The van der Waals surface area contributed by atoms with E-state index in [2.05, 4.69) is 26.8 Å². The molecule has 5 nitrogen and oxygen atoms in total. The Morgan fingerprint density at radius 3 is 2.27 bits per heavy atom. The zero-order chi connectivity index (χ0) is 20.7. The summed E-state index contributed by atoms with van der Waals surface area (Å²) in [4.78, 5) is 15.0. The van der Waals surface area contributed by atoms with Crippen molar-refractivity contribution in [3.05, 3.63) is 66.3 Å². The molecule has 2 fully saturated rings. The summed E-state index contributed by atoms with van der Waals surface area (Å²) in [6, 6.07) is 5.68. The molecule has 5 rings (SSSR count). The van der Waals surface area contributed by atoms with Gasteiger partial charge in [-0.2, -0.15) is 0 Å². The van der Waals surface area contributed by atoms with Crippen LogP contribution in [-0.4, -0.2) is 34.6 Å². The van der Waals surface area contributed by atoms with Gasteiger partial charge in [0, 0.05) is 55.9 Å². The minimum atomic E-state index is -0.633. The van der Waals surface area contributed by atoms with Crippen LogP contribution >= 0.6 is 0 Å². The van der Waals surface area contributed by atoms with Crippen LogP contribution in [0, 0.1) is 29.4 Å². The van der Waals surface area contributed by atoms with Gasteiger partial charge in [-0.15, -0.1) is 0 Å². The SMILES string of the molecule is CCc1cnc(N2CC3[C@@H](COc4cc(F)c(-c5ccncc5)c(F)c4)[C@@H]3C2)nc1. The molecule has 0 spiro atoms. The number of anilines is 1. The van der Waals surface area contributed by atoms with Crippen LogP contribution in [0.15, 0.2) is 49.1 Å². The molecule has 3 heterocycles. The summed E-state index contributed by atoms with van der Waals surface area (Å²) >= 11 is 0. The molecule has 3 aromatic rings. The zero-order valence-electron chi connectivity index (χ0n) is 16.6. The smallest absolute Gasteiger partial charge is 0.225 e. The van der Waals surface area contributed by atoms with E-state index in [0.29, 0.717) is 29.9 Å². The van der Waals surface area contributed by atoms with Crippen molar-refractivity contribution in [1.29, 1.82) is 0 Å². The fourth-order valence-corrected chi connectivity index (χ4v) is 4.37. The van der Waals surface area contributed by atoms with Gasteiger partial charge in [-0.05, 0) is 41.5 Å². The number of benzene rings is 1. The molecule has 1 saturated carbocycles. The molecular formula is C23H22F2N4O. The number of hydrogen-bond donors (Lipinski definition) is 0. The minimum Gasteiger partial charge on any atom is -0.493 e. The van der Waals surface area contributed by atoms with Gasteiger partial charge in [0.25, 0.3) is 0 Å². The number of fused-ring (bicyclic) bond motifs is 1. The van der Waals surface area contributed by atoms with Crippen LogP contribution in [-0.2, 0) is 6.42 Å². The Morgan fingerprint density at radius 2 is 1.67 bits per heavy atom. The topological polar surface area (TPSA) is 51.1 Å². The van der Waals surface area contributed by atoms with Crippen molar-refractivity contribution < 1.29 is 13.5 Å². The van der Waals surface area contributed by atoms with E-state index < -0.39 is 11.6 Å². The molecule has 0 radical (unpaired) electrons. The van der Waals surface area contributed by atoms with Gasteiger partial charge in [-0.3, -0.25) is 4.98 Å². The quantitative estimate of drug-likeness (QED) is 0.614. The highest BCUT2D eigenvalue weighted by atomic mass is 19.1. The van der Waals surface area contributed by atoms with Gasteiger partial charge < -0.3 is 9.64 Å². The van der Waals surface area contributed by atoms with E-state index >= 15 is 0 Å². The van der Waals surface area contributed by atoms with E-state index in [0.717, 1.165) is 31.0 Å². The third-order valence-corrected chi connectivity index (χ3v) is 6.18. The van der Waals surface area contributed by atoms with Crippen molar-refractivity contribution in [2.75, 3.05) is 24.6 Å². The summed E-state index contributed by atoms with van der Waals surface area (Å²) in [5.74, 6) is 1.17. The summed E-state index contributed by atoms with van der Waals surface area (Å²) in [5.41, 5.74) is 1.53. The number of halogens is 2. The predicted molar refractivity (Wildman–Crippen MR) is 109 cm³/mol. The van der Waals surface area contributed by atoms with E-state index in [1.807, 2.05) is 12.4 Å². The molecule has 1 saturated heterocycles. The first-order valence-electron chi connectivity index (χ1n) is 10.2. The van der Waals surface area contributed by atoms with Gasteiger partial charge in [0.15, 0.2) is 0 Å². The van der Waals surface area contributed by atoms with Crippen molar-refractivity contribution >= 4 is 5.95 Å². The molecule has 3 atom stereocenters. The maximum atomic E-state index is 14.5. The van der Waals surface area contributed by atoms with Crippen molar-refractivity contribution in [3.8, 4) is 16.9 Å². The third-order valence-electron chi connectivity index (χ3n) is 6.18. The Balaban J connectivity index is 1.19. The number of pyridine rings is 1. The van der Waals surface area contributed by atoms with Gasteiger partial charge in [-0.25, -0.2) is 18.7 Å². The largest absolute Gasteiger partial charge is 0.493 e. The van der Waals surface area contributed by atoms with Crippen molar-refractivity contribution in [3.63, 3.8) is 0 Å². The Kier molecular flexibility index (Phi) is 4.81. The average molecular weight is 408 g/mol. The van der Waals surface area contributed by atoms with Gasteiger partial charge in [-0.1, -0.05) is 6.92 Å². The van der Waals surface area contributed by atoms with Crippen LogP contribution in [0.5, 0.6) is 5.75 Å². The van der Waals surface area contributed by atoms with Crippen LogP contribution < -0.4 is 9.64 Å². The molecule has 0 N–H and O–H groups in total. The van der Waals surface area contributed by atoms with E-state index in [4.69, 9.17) is 4.74 Å². The Bertz CT molecular complexity index is 1010. The van der Waals surface area contributed by atoms with Crippen LogP contribution in [0.2, 0.25) is 0 Å². The summed E-state index contributed by atoms with van der Waals surface area (Å²) < 4.78 is 34.7.